The molecule has 0 atom stereocenters. The Morgan fingerprint density at radius 1 is 1.60 bits per heavy atom. The van der Waals surface area contributed by atoms with E-state index in [1.54, 1.807) is 6.92 Å². The Balaban J connectivity index is 2.04. The number of aliphatic hydroxyl groups is 1. The van der Waals surface area contributed by atoms with Crippen LogP contribution in [-0.2, 0) is 9.47 Å². The first-order valence-corrected chi connectivity index (χ1v) is 7.29. The highest BCUT2D eigenvalue weighted by Crippen LogP contribution is 2.29. The maximum atomic E-state index is 11.8. The number of anilines is 2. The fourth-order valence-corrected chi connectivity index (χ4v) is 2.69. The first-order valence-electron chi connectivity index (χ1n) is 6.52. The van der Waals surface area contributed by atoms with E-state index in [1.807, 2.05) is 0 Å². The Kier molecular flexibility index (Phi) is 4.79. The Morgan fingerprint density at radius 2 is 2.30 bits per heavy atom. The van der Waals surface area contributed by atoms with E-state index in [4.69, 9.17) is 15.2 Å². The molecule has 0 unspecified atom stereocenters. The van der Waals surface area contributed by atoms with Gasteiger partial charge in [0, 0.05) is 32.6 Å². The monoisotopic (exact) mass is 301 g/mol. The van der Waals surface area contributed by atoms with Gasteiger partial charge < -0.3 is 25.6 Å². The highest BCUT2D eigenvalue weighted by molar-refractivity contribution is 7.11. The van der Waals surface area contributed by atoms with Crippen molar-refractivity contribution in [2.24, 2.45) is 0 Å². The molecule has 2 rings (SSSR count). The van der Waals surface area contributed by atoms with Crippen LogP contribution in [0, 0.1) is 0 Å². The van der Waals surface area contributed by atoms with Crippen LogP contribution in [0.15, 0.2) is 0 Å². The molecule has 112 valence electrons. The predicted molar refractivity (Wildman–Crippen MR) is 76.0 cm³/mol. The van der Waals surface area contributed by atoms with Crippen LogP contribution in [-0.4, -0.2) is 47.4 Å². The number of carbonyl (C=O) groups is 1. The molecular weight excluding hydrogens is 282 g/mol. The molecule has 0 spiro atoms. The molecule has 2 heterocycles. The number of carbonyl (C=O) groups excluding carboxylic acids is 1. The third-order valence-corrected chi connectivity index (χ3v) is 4.02. The number of aromatic nitrogens is 1. The summed E-state index contributed by atoms with van der Waals surface area (Å²) in [6.45, 7) is 3.40. The quantitative estimate of drug-likeness (QED) is 0.692. The summed E-state index contributed by atoms with van der Waals surface area (Å²) in [5.41, 5.74) is 5.10. The standard InChI is InChI=1S/C12H19N3O4S/c1-2-19-11(16)8-9(13)15-20-10(8)14-7-12(17)3-5-18-6-4-12/h14,17H,2-7H2,1H3,(H2,13,15). The van der Waals surface area contributed by atoms with Crippen molar-refractivity contribution in [3.63, 3.8) is 0 Å². The van der Waals surface area contributed by atoms with Gasteiger partial charge in [0.15, 0.2) is 5.82 Å². The zero-order valence-electron chi connectivity index (χ0n) is 11.3. The molecule has 0 bridgehead atoms. The SMILES string of the molecule is CCOC(=O)c1c(N)nsc1NCC1(O)CCOCC1. The molecule has 1 aromatic rings. The van der Waals surface area contributed by atoms with E-state index >= 15 is 0 Å². The second kappa shape index (κ2) is 6.38. The minimum atomic E-state index is -0.830. The Labute approximate surface area is 121 Å². The first-order chi connectivity index (χ1) is 9.56. The predicted octanol–water partition coefficient (Wildman–Crippen LogP) is 0.855. The van der Waals surface area contributed by atoms with Crippen LogP contribution >= 0.6 is 11.5 Å². The summed E-state index contributed by atoms with van der Waals surface area (Å²) in [4.78, 5) is 11.8. The molecule has 1 aliphatic heterocycles. The van der Waals surface area contributed by atoms with Crippen LogP contribution < -0.4 is 11.1 Å². The fourth-order valence-electron chi connectivity index (χ4n) is 2.00. The normalized spacial score (nSPS) is 17.7. The number of ether oxygens (including phenoxy) is 2. The van der Waals surface area contributed by atoms with Crippen molar-refractivity contribution in [1.29, 1.82) is 0 Å². The average molecular weight is 301 g/mol. The van der Waals surface area contributed by atoms with E-state index in [2.05, 4.69) is 9.69 Å². The van der Waals surface area contributed by atoms with Crippen LogP contribution in [0.25, 0.3) is 0 Å². The third kappa shape index (κ3) is 3.38. The van der Waals surface area contributed by atoms with Crippen molar-refractivity contribution < 1.29 is 19.4 Å². The van der Waals surface area contributed by atoms with Gasteiger partial charge in [0.25, 0.3) is 0 Å². The number of rotatable bonds is 5. The summed E-state index contributed by atoms with van der Waals surface area (Å²) in [6.07, 6.45) is 1.12. The smallest absolute Gasteiger partial charge is 0.344 e. The van der Waals surface area contributed by atoms with E-state index in [0.29, 0.717) is 37.6 Å². The Hall–Kier alpha value is -1.38. The summed E-state index contributed by atoms with van der Waals surface area (Å²) < 4.78 is 14.1. The molecule has 0 amide bonds. The van der Waals surface area contributed by atoms with Gasteiger partial charge in [0.05, 0.1) is 12.2 Å². The largest absolute Gasteiger partial charge is 0.462 e. The summed E-state index contributed by atoms with van der Waals surface area (Å²) in [6, 6.07) is 0. The second-order valence-corrected chi connectivity index (χ2v) is 5.46. The highest BCUT2D eigenvalue weighted by atomic mass is 32.1. The van der Waals surface area contributed by atoms with Gasteiger partial charge in [-0.15, -0.1) is 0 Å². The van der Waals surface area contributed by atoms with Crippen molar-refractivity contribution in [3.05, 3.63) is 5.56 Å². The minimum Gasteiger partial charge on any atom is -0.462 e. The lowest BCUT2D eigenvalue weighted by Crippen LogP contribution is -2.42. The summed E-state index contributed by atoms with van der Waals surface area (Å²) in [7, 11) is 0. The molecule has 1 aromatic heterocycles. The minimum absolute atomic E-state index is 0.148. The van der Waals surface area contributed by atoms with Gasteiger partial charge in [0.1, 0.15) is 10.6 Å². The molecule has 20 heavy (non-hydrogen) atoms. The molecule has 1 fully saturated rings. The van der Waals surface area contributed by atoms with Crippen LogP contribution in [0.1, 0.15) is 30.1 Å². The zero-order valence-corrected chi connectivity index (χ0v) is 12.2. The molecule has 7 nitrogen and oxygen atoms in total. The van der Waals surface area contributed by atoms with Gasteiger partial charge in [-0.2, -0.15) is 4.37 Å². The van der Waals surface area contributed by atoms with Crippen LogP contribution in [0.3, 0.4) is 0 Å². The van der Waals surface area contributed by atoms with Crippen LogP contribution in [0.5, 0.6) is 0 Å². The molecule has 8 heteroatoms. The van der Waals surface area contributed by atoms with Crippen molar-refractivity contribution in [3.8, 4) is 0 Å². The zero-order chi connectivity index (χ0) is 14.6. The maximum absolute atomic E-state index is 11.8. The summed E-state index contributed by atoms with van der Waals surface area (Å²) in [5, 5.41) is 13.9. The second-order valence-electron chi connectivity index (χ2n) is 4.68. The van der Waals surface area contributed by atoms with Crippen molar-refractivity contribution >= 4 is 28.3 Å². The van der Waals surface area contributed by atoms with Crippen LogP contribution in [0.4, 0.5) is 10.8 Å². The number of hydrogen-bond donors (Lipinski definition) is 3. The first kappa shape index (κ1) is 15.0. The summed E-state index contributed by atoms with van der Waals surface area (Å²) >= 11 is 1.09. The summed E-state index contributed by atoms with van der Waals surface area (Å²) in [5.74, 6) is -0.352. The highest BCUT2D eigenvalue weighted by Gasteiger charge is 2.30. The lowest BCUT2D eigenvalue weighted by Gasteiger charge is -2.32. The number of nitrogens with zero attached hydrogens (tertiary/aromatic N) is 1. The third-order valence-electron chi connectivity index (χ3n) is 3.20. The van der Waals surface area contributed by atoms with E-state index in [-0.39, 0.29) is 18.0 Å². The van der Waals surface area contributed by atoms with E-state index < -0.39 is 11.6 Å². The van der Waals surface area contributed by atoms with Gasteiger partial charge in [-0.05, 0) is 18.5 Å². The lowest BCUT2D eigenvalue weighted by molar-refractivity contribution is -0.0543. The lowest BCUT2D eigenvalue weighted by atomic mass is 9.94. The molecule has 1 saturated heterocycles. The van der Waals surface area contributed by atoms with Gasteiger partial charge in [-0.3, -0.25) is 0 Å². The van der Waals surface area contributed by atoms with Crippen molar-refractivity contribution in [2.45, 2.75) is 25.4 Å². The average Bonchev–Trinajstić information content (AvgIpc) is 2.79. The molecule has 0 saturated carbocycles. The van der Waals surface area contributed by atoms with Gasteiger partial charge >= 0.3 is 5.97 Å². The van der Waals surface area contributed by atoms with E-state index in [0.717, 1.165) is 11.5 Å². The molecular formula is C12H19N3O4S. The van der Waals surface area contributed by atoms with Crippen molar-refractivity contribution in [2.75, 3.05) is 37.4 Å². The Bertz CT molecular complexity index is 471. The van der Waals surface area contributed by atoms with Gasteiger partial charge in [0.2, 0.25) is 0 Å². The van der Waals surface area contributed by atoms with E-state index in [1.165, 1.54) is 0 Å². The molecule has 4 N–H and O–H groups in total. The number of esters is 1. The van der Waals surface area contributed by atoms with Gasteiger partial charge in [-0.25, -0.2) is 4.79 Å². The van der Waals surface area contributed by atoms with Crippen LogP contribution in [0.2, 0.25) is 0 Å². The number of nitrogens with two attached hydrogens (primary N) is 1. The Morgan fingerprint density at radius 3 is 2.95 bits per heavy atom. The topological polar surface area (TPSA) is 107 Å². The maximum Gasteiger partial charge on any atom is 0.344 e. The molecule has 0 aliphatic carbocycles. The number of hydrogen-bond acceptors (Lipinski definition) is 8. The van der Waals surface area contributed by atoms with Gasteiger partial charge in [-0.1, -0.05) is 0 Å². The number of nitrogens with one attached hydrogen (secondary N) is 1. The van der Waals surface area contributed by atoms with Crippen molar-refractivity contribution in [1.82, 2.24) is 4.37 Å². The van der Waals surface area contributed by atoms with E-state index in [9.17, 15) is 9.90 Å². The molecule has 0 radical (unpaired) electrons. The number of nitrogen functional groups attached to an aromatic ring is 1. The fraction of sp³-hybridized carbons (Fsp3) is 0.667. The molecule has 0 aromatic carbocycles. The molecule has 1 aliphatic rings.